The van der Waals surface area contributed by atoms with E-state index in [0.717, 1.165) is 20.4 Å². The van der Waals surface area contributed by atoms with Crippen LogP contribution >= 0.6 is 22.6 Å². The molecule has 0 bridgehead atoms. The SMILES string of the molecule is CCOc1cc(C(=O)Nc2c(C)cccc2C)cc(I)c1OCC. The van der Waals surface area contributed by atoms with Gasteiger partial charge in [0.2, 0.25) is 0 Å². The van der Waals surface area contributed by atoms with Crippen LogP contribution in [0.5, 0.6) is 11.5 Å². The second-order valence-corrected chi connectivity index (χ2v) is 6.53. The van der Waals surface area contributed by atoms with E-state index in [2.05, 4.69) is 27.9 Å². The Kier molecular flexibility index (Phi) is 6.48. The van der Waals surface area contributed by atoms with Gasteiger partial charge in [-0.05, 0) is 73.5 Å². The first-order valence-electron chi connectivity index (χ1n) is 7.94. The molecule has 2 aromatic carbocycles. The second-order valence-electron chi connectivity index (χ2n) is 5.37. The van der Waals surface area contributed by atoms with Crippen LogP contribution in [0, 0.1) is 17.4 Å². The van der Waals surface area contributed by atoms with Crippen LogP contribution in [0.3, 0.4) is 0 Å². The maximum atomic E-state index is 12.7. The number of rotatable bonds is 6. The molecule has 1 N–H and O–H groups in total. The Hall–Kier alpha value is -1.76. The van der Waals surface area contributed by atoms with Crippen LogP contribution in [0.1, 0.15) is 35.3 Å². The highest BCUT2D eigenvalue weighted by atomic mass is 127. The first kappa shape index (κ1) is 18.6. The molecule has 0 aliphatic rings. The van der Waals surface area contributed by atoms with Gasteiger partial charge in [-0.15, -0.1) is 0 Å². The van der Waals surface area contributed by atoms with E-state index >= 15 is 0 Å². The van der Waals surface area contributed by atoms with Crippen molar-refractivity contribution in [2.45, 2.75) is 27.7 Å². The van der Waals surface area contributed by atoms with Gasteiger partial charge in [-0.3, -0.25) is 4.79 Å². The summed E-state index contributed by atoms with van der Waals surface area (Å²) in [4.78, 5) is 12.7. The summed E-state index contributed by atoms with van der Waals surface area (Å²) in [6.07, 6.45) is 0. The van der Waals surface area contributed by atoms with Gasteiger partial charge in [0.1, 0.15) is 0 Å². The molecule has 0 saturated heterocycles. The van der Waals surface area contributed by atoms with Gasteiger partial charge in [-0.2, -0.15) is 0 Å². The topological polar surface area (TPSA) is 47.6 Å². The van der Waals surface area contributed by atoms with Crippen molar-refractivity contribution < 1.29 is 14.3 Å². The van der Waals surface area contributed by atoms with Crippen LogP contribution in [0.15, 0.2) is 30.3 Å². The van der Waals surface area contributed by atoms with Crippen LogP contribution in [0.4, 0.5) is 5.69 Å². The van der Waals surface area contributed by atoms with Gasteiger partial charge in [-0.25, -0.2) is 0 Å². The van der Waals surface area contributed by atoms with Crippen molar-refractivity contribution in [1.82, 2.24) is 0 Å². The molecular formula is C19H22INO3. The molecule has 0 aliphatic carbocycles. The lowest BCUT2D eigenvalue weighted by molar-refractivity contribution is 0.102. The van der Waals surface area contributed by atoms with Crippen LogP contribution in [-0.2, 0) is 0 Å². The number of halogens is 1. The molecule has 1 amide bonds. The molecule has 2 aromatic rings. The van der Waals surface area contributed by atoms with E-state index in [4.69, 9.17) is 9.47 Å². The third-order valence-corrected chi connectivity index (χ3v) is 4.38. The van der Waals surface area contributed by atoms with E-state index in [0.29, 0.717) is 30.3 Å². The van der Waals surface area contributed by atoms with E-state index in [1.54, 1.807) is 6.07 Å². The zero-order chi connectivity index (χ0) is 17.7. The minimum Gasteiger partial charge on any atom is -0.490 e. The first-order chi connectivity index (χ1) is 11.5. The van der Waals surface area contributed by atoms with Crippen LogP contribution < -0.4 is 14.8 Å². The van der Waals surface area contributed by atoms with E-state index in [-0.39, 0.29) is 5.91 Å². The van der Waals surface area contributed by atoms with Crippen molar-refractivity contribution in [2.24, 2.45) is 0 Å². The summed E-state index contributed by atoms with van der Waals surface area (Å²) in [5.41, 5.74) is 3.47. The number of hydrogen-bond acceptors (Lipinski definition) is 3. The van der Waals surface area contributed by atoms with Crippen LogP contribution in [0.25, 0.3) is 0 Å². The van der Waals surface area contributed by atoms with E-state index < -0.39 is 0 Å². The van der Waals surface area contributed by atoms with Gasteiger partial charge in [0.25, 0.3) is 5.91 Å². The summed E-state index contributed by atoms with van der Waals surface area (Å²) >= 11 is 2.17. The average Bonchev–Trinajstić information content (AvgIpc) is 2.54. The molecule has 0 aliphatic heterocycles. The van der Waals surface area contributed by atoms with Gasteiger partial charge in [-0.1, -0.05) is 18.2 Å². The Morgan fingerprint density at radius 2 is 1.71 bits per heavy atom. The zero-order valence-corrected chi connectivity index (χ0v) is 16.6. The van der Waals surface area contributed by atoms with Crippen LogP contribution in [0.2, 0.25) is 0 Å². The van der Waals surface area contributed by atoms with E-state index in [9.17, 15) is 4.79 Å². The summed E-state index contributed by atoms with van der Waals surface area (Å²) in [5.74, 6) is 1.12. The average molecular weight is 439 g/mol. The fourth-order valence-electron chi connectivity index (χ4n) is 2.44. The lowest BCUT2D eigenvalue weighted by Gasteiger charge is -2.15. The zero-order valence-electron chi connectivity index (χ0n) is 14.4. The number of carbonyl (C=O) groups is 1. The molecular weight excluding hydrogens is 417 g/mol. The maximum Gasteiger partial charge on any atom is 0.255 e. The summed E-state index contributed by atoms with van der Waals surface area (Å²) in [6.45, 7) is 8.86. The summed E-state index contributed by atoms with van der Waals surface area (Å²) in [6, 6.07) is 9.50. The molecule has 0 radical (unpaired) electrons. The standard InChI is InChI=1S/C19H22INO3/c1-5-23-16-11-14(10-15(20)18(16)24-6-2)19(22)21-17-12(3)8-7-9-13(17)4/h7-11H,5-6H2,1-4H3,(H,21,22). The van der Waals surface area contributed by atoms with Crippen molar-refractivity contribution in [2.75, 3.05) is 18.5 Å². The van der Waals surface area contributed by atoms with Crippen molar-refractivity contribution in [3.63, 3.8) is 0 Å². The van der Waals surface area contributed by atoms with Gasteiger partial charge in [0.05, 0.1) is 16.8 Å². The molecule has 0 spiro atoms. The van der Waals surface area contributed by atoms with E-state index in [1.165, 1.54) is 0 Å². The molecule has 0 heterocycles. The van der Waals surface area contributed by atoms with Gasteiger partial charge < -0.3 is 14.8 Å². The molecule has 0 atom stereocenters. The Balaban J connectivity index is 2.36. The summed E-state index contributed by atoms with van der Waals surface area (Å²) in [7, 11) is 0. The molecule has 24 heavy (non-hydrogen) atoms. The molecule has 128 valence electrons. The lowest BCUT2D eigenvalue weighted by Crippen LogP contribution is -2.14. The van der Waals surface area contributed by atoms with E-state index in [1.807, 2.05) is 52.0 Å². The highest BCUT2D eigenvalue weighted by molar-refractivity contribution is 14.1. The number of carbonyl (C=O) groups excluding carboxylic acids is 1. The molecule has 0 saturated carbocycles. The predicted octanol–water partition coefficient (Wildman–Crippen LogP) is 4.96. The molecule has 5 heteroatoms. The maximum absolute atomic E-state index is 12.7. The second kappa shape index (κ2) is 8.37. The van der Waals surface area contributed by atoms with Gasteiger partial charge in [0, 0.05) is 11.3 Å². The number of amides is 1. The predicted molar refractivity (Wildman–Crippen MR) is 105 cm³/mol. The minimum absolute atomic E-state index is 0.158. The molecule has 0 fully saturated rings. The Bertz CT molecular complexity index is 723. The third kappa shape index (κ3) is 4.20. The molecule has 2 rings (SSSR count). The molecule has 4 nitrogen and oxygen atoms in total. The lowest BCUT2D eigenvalue weighted by atomic mass is 10.1. The third-order valence-electron chi connectivity index (χ3n) is 3.58. The molecule has 0 aromatic heterocycles. The first-order valence-corrected chi connectivity index (χ1v) is 9.02. The Morgan fingerprint density at radius 3 is 2.29 bits per heavy atom. The van der Waals surface area contributed by atoms with Crippen molar-refractivity contribution in [3.8, 4) is 11.5 Å². The fraction of sp³-hybridized carbons (Fsp3) is 0.316. The smallest absolute Gasteiger partial charge is 0.255 e. The quantitative estimate of drug-likeness (QED) is 0.648. The number of benzene rings is 2. The van der Waals surface area contributed by atoms with Crippen molar-refractivity contribution in [3.05, 3.63) is 50.6 Å². The highest BCUT2D eigenvalue weighted by Gasteiger charge is 2.17. The number of aryl methyl sites for hydroxylation is 2. The summed E-state index contributed by atoms with van der Waals surface area (Å²) < 4.78 is 12.2. The normalized spacial score (nSPS) is 10.4. The van der Waals surface area contributed by atoms with Gasteiger partial charge >= 0.3 is 0 Å². The number of anilines is 1. The summed E-state index contributed by atoms with van der Waals surface area (Å²) in [5, 5.41) is 3.00. The number of ether oxygens (including phenoxy) is 2. The molecule has 0 unspecified atom stereocenters. The monoisotopic (exact) mass is 439 g/mol. The number of nitrogens with one attached hydrogen (secondary N) is 1. The number of para-hydroxylation sites is 1. The van der Waals surface area contributed by atoms with Gasteiger partial charge in [0.15, 0.2) is 11.5 Å². The Labute approximate surface area is 156 Å². The van der Waals surface area contributed by atoms with Crippen molar-refractivity contribution in [1.29, 1.82) is 0 Å². The fourth-order valence-corrected chi connectivity index (χ4v) is 3.20. The number of hydrogen-bond donors (Lipinski definition) is 1. The highest BCUT2D eigenvalue weighted by Crippen LogP contribution is 2.34. The van der Waals surface area contributed by atoms with Crippen molar-refractivity contribution >= 4 is 34.2 Å². The van der Waals surface area contributed by atoms with Crippen LogP contribution in [-0.4, -0.2) is 19.1 Å². The minimum atomic E-state index is -0.158. The Morgan fingerprint density at radius 1 is 1.08 bits per heavy atom. The largest absolute Gasteiger partial charge is 0.490 e.